The molecule has 124 valence electrons. The maximum atomic E-state index is 5.99. The van der Waals surface area contributed by atoms with Crippen LogP contribution in [0, 0.1) is 12.8 Å². The first-order chi connectivity index (χ1) is 11.2. The second-order valence-electron chi connectivity index (χ2n) is 7.05. The maximum Gasteiger partial charge on any atom is 0.118 e. The van der Waals surface area contributed by atoms with Gasteiger partial charge in [0.1, 0.15) is 11.5 Å². The van der Waals surface area contributed by atoms with E-state index in [1.807, 2.05) is 19.3 Å². The molecular weight excluding hydrogens is 290 g/mol. The van der Waals surface area contributed by atoms with Gasteiger partial charge in [0.25, 0.3) is 0 Å². The van der Waals surface area contributed by atoms with E-state index in [0.29, 0.717) is 5.92 Å². The highest BCUT2D eigenvalue weighted by Crippen LogP contribution is 2.31. The highest BCUT2D eigenvalue weighted by atomic mass is 16.5. The fraction of sp³-hybridized carbons (Fsp3) is 0.611. The largest absolute Gasteiger partial charge is 0.465 e. The minimum Gasteiger partial charge on any atom is -0.465 e. The van der Waals surface area contributed by atoms with Crippen LogP contribution in [0.25, 0.3) is 0 Å². The summed E-state index contributed by atoms with van der Waals surface area (Å²) in [6.07, 6.45) is 4.61. The van der Waals surface area contributed by atoms with E-state index < -0.39 is 0 Å². The molecule has 1 aliphatic carbocycles. The van der Waals surface area contributed by atoms with Gasteiger partial charge in [0.05, 0.1) is 25.2 Å². The van der Waals surface area contributed by atoms with Gasteiger partial charge in [-0.3, -0.25) is 4.90 Å². The Morgan fingerprint density at radius 2 is 2.17 bits per heavy atom. The average molecular weight is 315 g/mol. The molecule has 1 aliphatic heterocycles. The van der Waals surface area contributed by atoms with Gasteiger partial charge in [-0.25, -0.2) is 4.98 Å². The molecule has 2 aromatic rings. The summed E-state index contributed by atoms with van der Waals surface area (Å²) >= 11 is 0. The molecule has 1 saturated carbocycles. The Hall–Kier alpha value is -1.59. The van der Waals surface area contributed by atoms with Crippen LogP contribution in [0.4, 0.5) is 0 Å². The maximum absolute atomic E-state index is 5.99. The van der Waals surface area contributed by atoms with Crippen LogP contribution in [0.5, 0.6) is 0 Å². The molecule has 1 fully saturated rings. The third kappa shape index (κ3) is 3.35. The first kappa shape index (κ1) is 15.0. The summed E-state index contributed by atoms with van der Waals surface area (Å²) in [6.45, 7) is 6.41. The van der Waals surface area contributed by atoms with Gasteiger partial charge in [-0.1, -0.05) is 0 Å². The molecule has 0 saturated heterocycles. The number of aryl methyl sites for hydroxylation is 2. The van der Waals surface area contributed by atoms with Crippen LogP contribution in [0.2, 0.25) is 0 Å². The van der Waals surface area contributed by atoms with Gasteiger partial charge in [-0.05, 0) is 37.8 Å². The number of hydrogen-bond donors (Lipinski definition) is 0. The van der Waals surface area contributed by atoms with E-state index in [4.69, 9.17) is 9.15 Å². The van der Waals surface area contributed by atoms with Crippen molar-refractivity contribution in [2.24, 2.45) is 13.0 Å². The smallest absolute Gasteiger partial charge is 0.118 e. The number of nitrogens with zero attached hydrogens (tertiary/aromatic N) is 3. The van der Waals surface area contributed by atoms with Gasteiger partial charge in [0.2, 0.25) is 0 Å². The van der Waals surface area contributed by atoms with Crippen LogP contribution in [-0.4, -0.2) is 34.2 Å². The molecule has 0 N–H and O–H groups in total. The van der Waals surface area contributed by atoms with Crippen molar-refractivity contribution in [2.75, 3.05) is 19.8 Å². The Balaban J connectivity index is 1.45. The highest BCUT2D eigenvalue weighted by Gasteiger charge is 2.30. The number of aromatic nitrogens is 2. The Kier molecular flexibility index (Phi) is 3.99. The zero-order chi connectivity index (χ0) is 15.8. The molecule has 3 heterocycles. The Labute approximate surface area is 137 Å². The number of hydrogen-bond acceptors (Lipinski definition) is 4. The van der Waals surface area contributed by atoms with Crippen molar-refractivity contribution >= 4 is 0 Å². The standard InChI is InChI=1S/C18H25N3O2/c1-13-3-6-16(23-13)8-21-7-15(11-22-10-14-4-5-14)18-17(9-21)19-12-20(18)2/h3,6,12,14-15H,4-5,7-11H2,1-2H3/t15-/m0/s1. The lowest BCUT2D eigenvalue weighted by Crippen LogP contribution is -2.36. The number of ether oxygens (including phenoxy) is 1. The third-order valence-electron chi connectivity index (χ3n) is 4.85. The summed E-state index contributed by atoms with van der Waals surface area (Å²) in [4.78, 5) is 7.01. The normalized spacial score (nSPS) is 21.6. The average Bonchev–Trinajstić information content (AvgIpc) is 3.15. The first-order valence-corrected chi connectivity index (χ1v) is 8.54. The van der Waals surface area contributed by atoms with Crippen LogP contribution >= 0.6 is 0 Å². The third-order valence-corrected chi connectivity index (χ3v) is 4.85. The predicted octanol–water partition coefficient (Wildman–Crippen LogP) is 2.85. The zero-order valence-corrected chi connectivity index (χ0v) is 14.0. The summed E-state index contributed by atoms with van der Waals surface area (Å²) in [5.74, 6) is 3.20. The zero-order valence-electron chi connectivity index (χ0n) is 14.0. The molecule has 2 aliphatic rings. The van der Waals surface area contributed by atoms with Crippen LogP contribution in [-0.2, 0) is 24.9 Å². The molecule has 1 atom stereocenters. The lowest BCUT2D eigenvalue weighted by atomic mass is 9.99. The van der Waals surface area contributed by atoms with E-state index in [0.717, 1.165) is 50.3 Å². The number of furan rings is 1. The Morgan fingerprint density at radius 3 is 2.91 bits per heavy atom. The molecule has 0 spiro atoms. The van der Waals surface area contributed by atoms with E-state index in [1.54, 1.807) is 0 Å². The molecule has 0 unspecified atom stereocenters. The summed E-state index contributed by atoms with van der Waals surface area (Å²) in [6, 6.07) is 4.10. The minimum atomic E-state index is 0.390. The van der Waals surface area contributed by atoms with Crippen molar-refractivity contribution in [1.29, 1.82) is 0 Å². The summed E-state index contributed by atoms with van der Waals surface area (Å²) in [7, 11) is 2.09. The summed E-state index contributed by atoms with van der Waals surface area (Å²) in [5.41, 5.74) is 2.52. The fourth-order valence-electron chi connectivity index (χ4n) is 3.51. The van der Waals surface area contributed by atoms with E-state index in [-0.39, 0.29) is 0 Å². The van der Waals surface area contributed by atoms with E-state index >= 15 is 0 Å². The lowest BCUT2D eigenvalue weighted by molar-refractivity contribution is 0.0850. The molecule has 4 rings (SSSR count). The molecule has 0 aromatic carbocycles. The quantitative estimate of drug-likeness (QED) is 0.822. The van der Waals surface area contributed by atoms with Crippen LogP contribution in [0.15, 0.2) is 22.9 Å². The summed E-state index contributed by atoms with van der Waals surface area (Å²) < 4.78 is 13.9. The Morgan fingerprint density at radius 1 is 1.30 bits per heavy atom. The van der Waals surface area contributed by atoms with Gasteiger partial charge in [-0.2, -0.15) is 0 Å². The van der Waals surface area contributed by atoms with Gasteiger partial charge < -0.3 is 13.7 Å². The van der Waals surface area contributed by atoms with Crippen molar-refractivity contribution < 1.29 is 9.15 Å². The second kappa shape index (κ2) is 6.13. The second-order valence-corrected chi connectivity index (χ2v) is 7.05. The molecule has 2 aromatic heterocycles. The lowest BCUT2D eigenvalue weighted by Gasteiger charge is -2.32. The number of rotatable bonds is 6. The van der Waals surface area contributed by atoms with Crippen molar-refractivity contribution in [3.63, 3.8) is 0 Å². The monoisotopic (exact) mass is 315 g/mol. The van der Waals surface area contributed by atoms with Gasteiger partial charge in [0, 0.05) is 38.4 Å². The van der Waals surface area contributed by atoms with Crippen molar-refractivity contribution in [2.45, 2.75) is 38.8 Å². The van der Waals surface area contributed by atoms with Crippen LogP contribution in [0.3, 0.4) is 0 Å². The van der Waals surface area contributed by atoms with Crippen molar-refractivity contribution in [1.82, 2.24) is 14.5 Å². The summed E-state index contributed by atoms with van der Waals surface area (Å²) in [5, 5.41) is 0. The topological polar surface area (TPSA) is 43.4 Å². The molecule has 0 amide bonds. The van der Waals surface area contributed by atoms with Crippen molar-refractivity contribution in [3.8, 4) is 0 Å². The predicted molar refractivity (Wildman–Crippen MR) is 87.1 cm³/mol. The molecule has 0 bridgehead atoms. The SMILES string of the molecule is Cc1ccc(CN2Cc3ncn(C)c3[C@H](COCC3CC3)C2)o1. The van der Waals surface area contributed by atoms with Gasteiger partial charge in [0.15, 0.2) is 0 Å². The minimum absolute atomic E-state index is 0.390. The number of imidazole rings is 1. The van der Waals surface area contributed by atoms with Gasteiger partial charge >= 0.3 is 0 Å². The van der Waals surface area contributed by atoms with Gasteiger partial charge in [-0.15, -0.1) is 0 Å². The fourth-order valence-corrected chi connectivity index (χ4v) is 3.51. The molecule has 0 radical (unpaired) electrons. The van der Waals surface area contributed by atoms with E-state index in [9.17, 15) is 0 Å². The first-order valence-electron chi connectivity index (χ1n) is 8.54. The number of fused-ring (bicyclic) bond motifs is 1. The molecule has 5 nitrogen and oxygen atoms in total. The van der Waals surface area contributed by atoms with Crippen molar-refractivity contribution in [3.05, 3.63) is 41.4 Å². The highest BCUT2D eigenvalue weighted by molar-refractivity contribution is 5.22. The molecule has 5 heteroatoms. The van der Waals surface area contributed by atoms with E-state index in [1.165, 1.54) is 24.2 Å². The molecule has 23 heavy (non-hydrogen) atoms. The van der Waals surface area contributed by atoms with Crippen LogP contribution < -0.4 is 0 Å². The van der Waals surface area contributed by atoms with E-state index in [2.05, 4.69) is 27.6 Å². The molecular formula is C18H25N3O2. The Bertz CT molecular complexity index is 672. The van der Waals surface area contributed by atoms with Crippen LogP contribution in [0.1, 0.15) is 41.7 Å².